The minimum atomic E-state index is -0.624. The Hall–Kier alpha value is -1.08. The van der Waals surface area contributed by atoms with Crippen molar-refractivity contribution in [1.29, 1.82) is 0 Å². The maximum atomic E-state index is 6.50. The van der Waals surface area contributed by atoms with E-state index in [9.17, 15) is 0 Å². The number of halogens is 1. The van der Waals surface area contributed by atoms with Gasteiger partial charge in [0.15, 0.2) is 17.3 Å². The SMILES string of the molecule is COc1cc(Br)c2c3c1OC1CC4(C=CC31CCN(C)C2)OCCO4. The van der Waals surface area contributed by atoms with Crippen LogP contribution in [-0.4, -0.2) is 50.7 Å². The minimum absolute atomic E-state index is 0.000880. The van der Waals surface area contributed by atoms with Crippen LogP contribution in [0.3, 0.4) is 0 Å². The smallest absolute Gasteiger partial charge is 0.191 e. The molecule has 2 atom stereocenters. The van der Waals surface area contributed by atoms with Gasteiger partial charge in [-0.25, -0.2) is 0 Å². The summed E-state index contributed by atoms with van der Waals surface area (Å²) in [5, 5.41) is 0. The standard InChI is InChI=1S/C19H22BrNO4/c1-21-6-5-18-3-4-19(23-7-8-24-19)10-15(18)25-17-14(22-2)9-13(20)12(11-21)16(17)18/h3-4,9,15H,5-8,10-11H2,1-2H3. The van der Waals surface area contributed by atoms with E-state index >= 15 is 0 Å². The van der Waals surface area contributed by atoms with Gasteiger partial charge in [-0.3, -0.25) is 0 Å². The highest BCUT2D eigenvalue weighted by Gasteiger charge is 2.57. The van der Waals surface area contributed by atoms with Crippen LogP contribution in [0.4, 0.5) is 0 Å². The van der Waals surface area contributed by atoms with Gasteiger partial charge in [-0.15, -0.1) is 0 Å². The predicted molar refractivity (Wildman–Crippen MR) is 96.1 cm³/mol. The first-order valence-electron chi connectivity index (χ1n) is 8.80. The first kappa shape index (κ1) is 16.1. The third-order valence-corrected chi connectivity index (χ3v) is 6.74. The van der Waals surface area contributed by atoms with Crippen molar-refractivity contribution in [3.8, 4) is 11.5 Å². The van der Waals surface area contributed by atoms with E-state index < -0.39 is 5.79 Å². The molecule has 6 heteroatoms. The zero-order chi connectivity index (χ0) is 17.2. The average Bonchev–Trinajstić information content (AvgIpc) is 3.14. The average molecular weight is 408 g/mol. The second-order valence-corrected chi connectivity index (χ2v) is 8.28. The lowest BCUT2D eigenvalue weighted by atomic mass is 9.68. The summed E-state index contributed by atoms with van der Waals surface area (Å²) in [6.45, 7) is 3.19. The second-order valence-electron chi connectivity index (χ2n) is 7.42. The van der Waals surface area contributed by atoms with Crippen LogP contribution in [-0.2, 0) is 21.4 Å². The Bertz CT molecular complexity index is 758. The van der Waals surface area contributed by atoms with Gasteiger partial charge in [-0.05, 0) is 37.7 Å². The van der Waals surface area contributed by atoms with E-state index in [1.54, 1.807) is 7.11 Å². The van der Waals surface area contributed by atoms with Crippen molar-refractivity contribution in [3.05, 3.63) is 33.8 Å². The number of ether oxygens (including phenoxy) is 4. The number of rotatable bonds is 1. The molecule has 5 rings (SSSR count). The van der Waals surface area contributed by atoms with E-state index in [-0.39, 0.29) is 11.5 Å². The Morgan fingerprint density at radius 3 is 2.84 bits per heavy atom. The molecule has 1 saturated heterocycles. The molecule has 0 radical (unpaired) electrons. The number of hydrogen-bond acceptors (Lipinski definition) is 5. The van der Waals surface area contributed by atoms with Crippen LogP contribution in [0.2, 0.25) is 0 Å². The molecule has 25 heavy (non-hydrogen) atoms. The number of methoxy groups -OCH3 is 1. The maximum Gasteiger partial charge on any atom is 0.191 e. The van der Waals surface area contributed by atoms with E-state index in [0.29, 0.717) is 19.6 Å². The summed E-state index contributed by atoms with van der Waals surface area (Å²) in [5.74, 6) is 1.06. The fraction of sp³-hybridized carbons (Fsp3) is 0.579. The molecule has 0 bridgehead atoms. The van der Waals surface area contributed by atoms with E-state index in [1.165, 1.54) is 11.1 Å². The summed E-state index contributed by atoms with van der Waals surface area (Å²) in [7, 11) is 3.87. The first-order valence-corrected chi connectivity index (χ1v) is 9.60. The monoisotopic (exact) mass is 407 g/mol. The molecular formula is C19H22BrNO4. The second kappa shape index (κ2) is 5.46. The van der Waals surface area contributed by atoms with Crippen LogP contribution in [0, 0.1) is 0 Å². The van der Waals surface area contributed by atoms with Crippen LogP contribution in [0.1, 0.15) is 24.0 Å². The lowest BCUT2D eigenvalue weighted by molar-refractivity contribution is -0.145. The summed E-state index contributed by atoms with van der Waals surface area (Å²) in [6.07, 6.45) is 6.13. The predicted octanol–water partition coefficient (Wildman–Crippen LogP) is 3.00. The first-order chi connectivity index (χ1) is 12.1. The van der Waals surface area contributed by atoms with Crippen molar-refractivity contribution < 1.29 is 18.9 Å². The Morgan fingerprint density at radius 2 is 2.08 bits per heavy atom. The van der Waals surface area contributed by atoms with E-state index in [1.807, 2.05) is 6.07 Å². The van der Waals surface area contributed by atoms with Gasteiger partial charge < -0.3 is 23.8 Å². The van der Waals surface area contributed by atoms with Crippen LogP contribution >= 0.6 is 15.9 Å². The van der Waals surface area contributed by atoms with Crippen LogP contribution in [0.25, 0.3) is 0 Å². The molecule has 3 aliphatic heterocycles. The van der Waals surface area contributed by atoms with Gasteiger partial charge >= 0.3 is 0 Å². The third-order valence-electron chi connectivity index (χ3n) is 6.03. The van der Waals surface area contributed by atoms with Crippen molar-refractivity contribution in [2.45, 2.75) is 36.7 Å². The van der Waals surface area contributed by atoms with Crippen molar-refractivity contribution in [2.24, 2.45) is 0 Å². The zero-order valence-corrected chi connectivity index (χ0v) is 16.1. The van der Waals surface area contributed by atoms with Gasteiger partial charge in [0.25, 0.3) is 0 Å². The normalized spacial score (nSPS) is 32.2. The molecule has 4 aliphatic rings. The summed E-state index contributed by atoms with van der Waals surface area (Å²) < 4.78 is 25.1. The topological polar surface area (TPSA) is 40.2 Å². The highest BCUT2D eigenvalue weighted by molar-refractivity contribution is 9.10. The van der Waals surface area contributed by atoms with E-state index in [2.05, 4.69) is 40.0 Å². The van der Waals surface area contributed by atoms with Gasteiger partial charge in [0, 0.05) is 23.0 Å². The fourth-order valence-electron chi connectivity index (χ4n) is 4.77. The number of nitrogens with zero attached hydrogens (tertiary/aromatic N) is 1. The van der Waals surface area contributed by atoms with Crippen molar-refractivity contribution >= 4 is 15.9 Å². The quantitative estimate of drug-likeness (QED) is 0.669. The number of benzene rings is 1. The van der Waals surface area contributed by atoms with Gasteiger partial charge in [0.05, 0.1) is 25.7 Å². The van der Waals surface area contributed by atoms with Crippen LogP contribution in [0.15, 0.2) is 22.7 Å². The number of hydrogen-bond donors (Lipinski definition) is 0. The molecule has 0 amide bonds. The molecule has 1 aliphatic carbocycles. The van der Waals surface area contributed by atoms with Crippen LogP contribution < -0.4 is 9.47 Å². The van der Waals surface area contributed by atoms with Crippen LogP contribution in [0.5, 0.6) is 11.5 Å². The Labute approximate surface area is 156 Å². The summed E-state index contributed by atoms with van der Waals surface area (Å²) >= 11 is 3.76. The Kier molecular flexibility index (Phi) is 3.52. The van der Waals surface area contributed by atoms with Crippen molar-refractivity contribution in [3.63, 3.8) is 0 Å². The maximum absolute atomic E-state index is 6.50. The van der Waals surface area contributed by atoms with E-state index in [0.717, 1.165) is 35.5 Å². The highest BCUT2D eigenvalue weighted by atomic mass is 79.9. The Balaban J connectivity index is 1.72. The molecule has 0 N–H and O–H groups in total. The molecule has 134 valence electrons. The molecule has 0 aromatic heterocycles. The lowest BCUT2D eigenvalue weighted by Crippen LogP contribution is -2.48. The van der Waals surface area contributed by atoms with E-state index in [4.69, 9.17) is 18.9 Å². The van der Waals surface area contributed by atoms with Gasteiger partial charge in [0.1, 0.15) is 6.10 Å². The van der Waals surface area contributed by atoms with Gasteiger partial charge in [-0.1, -0.05) is 22.0 Å². The Morgan fingerprint density at radius 1 is 1.28 bits per heavy atom. The van der Waals surface area contributed by atoms with Gasteiger partial charge in [-0.2, -0.15) is 0 Å². The molecule has 2 unspecified atom stereocenters. The molecule has 2 spiro atoms. The largest absolute Gasteiger partial charge is 0.493 e. The van der Waals surface area contributed by atoms with Gasteiger partial charge in [0.2, 0.25) is 0 Å². The molecule has 1 aromatic rings. The minimum Gasteiger partial charge on any atom is -0.493 e. The molecule has 0 saturated carbocycles. The molecule has 5 nitrogen and oxygen atoms in total. The molecule has 3 heterocycles. The lowest BCUT2D eigenvalue weighted by Gasteiger charge is -2.40. The summed E-state index contributed by atoms with van der Waals surface area (Å²) in [5.41, 5.74) is 2.43. The fourth-order valence-corrected chi connectivity index (χ4v) is 5.30. The highest BCUT2D eigenvalue weighted by Crippen LogP contribution is 2.58. The zero-order valence-electron chi connectivity index (χ0n) is 14.5. The molecule has 1 fully saturated rings. The molecule has 1 aromatic carbocycles. The summed E-state index contributed by atoms with van der Waals surface area (Å²) in [4.78, 5) is 2.37. The molecular weight excluding hydrogens is 386 g/mol. The van der Waals surface area contributed by atoms with Crippen molar-refractivity contribution in [1.82, 2.24) is 4.90 Å². The third kappa shape index (κ3) is 2.17. The summed E-state index contributed by atoms with van der Waals surface area (Å²) in [6, 6.07) is 2.03. The van der Waals surface area contributed by atoms with Crippen molar-refractivity contribution in [2.75, 3.05) is 33.9 Å².